The van der Waals surface area contributed by atoms with Gasteiger partial charge in [-0.25, -0.2) is 0 Å². The van der Waals surface area contributed by atoms with Crippen molar-refractivity contribution in [3.05, 3.63) is 29.3 Å². The van der Waals surface area contributed by atoms with E-state index < -0.39 is 0 Å². The number of benzene rings is 1. The molecule has 0 radical (unpaired) electrons. The Morgan fingerprint density at radius 1 is 1.36 bits per heavy atom. The molecule has 1 rings (SSSR count). The maximum Gasteiger partial charge on any atom is 0.153 e. The first-order chi connectivity index (χ1) is 6.79. The predicted molar refractivity (Wildman–Crippen MR) is 51.1 cm³/mol. The summed E-state index contributed by atoms with van der Waals surface area (Å²) in [5.41, 5.74) is 0.555. The number of phenols is 1. The molecular formula is C11H8O3. The molecule has 0 saturated carbocycles. The van der Waals surface area contributed by atoms with Gasteiger partial charge in [-0.05, 0) is 12.1 Å². The van der Waals surface area contributed by atoms with Crippen LogP contribution in [0.25, 0.3) is 0 Å². The van der Waals surface area contributed by atoms with Crippen molar-refractivity contribution in [3.63, 3.8) is 0 Å². The summed E-state index contributed by atoms with van der Waals surface area (Å²) < 4.78 is 0. The average molecular weight is 188 g/mol. The number of aldehydes is 2. The van der Waals surface area contributed by atoms with Crippen LogP contribution in [0.3, 0.4) is 0 Å². The largest absolute Gasteiger partial charge is 0.506 e. The summed E-state index contributed by atoms with van der Waals surface area (Å²) in [7, 11) is 0. The third kappa shape index (κ3) is 2.20. The van der Waals surface area contributed by atoms with Gasteiger partial charge in [-0.15, -0.1) is 0 Å². The van der Waals surface area contributed by atoms with Crippen LogP contribution in [-0.4, -0.2) is 17.7 Å². The number of para-hydroxylation sites is 1. The van der Waals surface area contributed by atoms with Crippen LogP contribution < -0.4 is 0 Å². The number of hydrogen-bond acceptors (Lipinski definition) is 3. The SMILES string of the molecule is O=CCC#Cc1cccc(C=O)c1O. The maximum absolute atomic E-state index is 10.4. The van der Waals surface area contributed by atoms with Gasteiger partial charge in [-0.2, -0.15) is 0 Å². The van der Waals surface area contributed by atoms with Gasteiger partial charge < -0.3 is 9.90 Å². The highest BCUT2D eigenvalue weighted by atomic mass is 16.3. The van der Waals surface area contributed by atoms with E-state index in [0.29, 0.717) is 18.1 Å². The fourth-order valence-electron chi connectivity index (χ4n) is 0.945. The van der Waals surface area contributed by atoms with E-state index >= 15 is 0 Å². The van der Waals surface area contributed by atoms with Crippen LogP contribution in [0.4, 0.5) is 0 Å². The van der Waals surface area contributed by atoms with Gasteiger partial charge >= 0.3 is 0 Å². The molecule has 0 heterocycles. The molecule has 1 aromatic carbocycles. The van der Waals surface area contributed by atoms with Crippen LogP contribution in [0.2, 0.25) is 0 Å². The Hall–Kier alpha value is -2.08. The molecule has 0 aromatic heterocycles. The smallest absolute Gasteiger partial charge is 0.153 e. The molecule has 0 fully saturated rings. The van der Waals surface area contributed by atoms with Gasteiger partial charge in [0.1, 0.15) is 12.0 Å². The minimum atomic E-state index is -0.138. The van der Waals surface area contributed by atoms with Crippen LogP contribution in [0, 0.1) is 11.8 Å². The maximum atomic E-state index is 10.4. The van der Waals surface area contributed by atoms with Crippen molar-refractivity contribution in [2.75, 3.05) is 0 Å². The van der Waals surface area contributed by atoms with Gasteiger partial charge in [0.25, 0.3) is 0 Å². The summed E-state index contributed by atoms with van der Waals surface area (Å²) in [5, 5.41) is 9.47. The number of phenolic OH excluding ortho intramolecular Hbond substituents is 1. The highest BCUT2D eigenvalue weighted by Gasteiger charge is 2.02. The van der Waals surface area contributed by atoms with Crippen LogP contribution >= 0.6 is 0 Å². The third-order valence-corrected chi connectivity index (χ3v) is 1.60. The summed E-state index contributed by atoms with van der Waals surface area (Å²) in [6.07, 6.45) is 1.35. The molecular weight excluding hydrogens is 180 g/mol. The third-order valence-electron chi connectivity index (χ3n) is 1.60. The highest BCUT2D eigenvalue weighted by molar-refractivity contribution is 5.80. The van der Waals surface area contributed by atoms with Crippen molar-refractivity contribution in [2.24, 2.45) is 0 Å². The number of carbonyl (C=O) groups is 2. The van der Waals surface area contributed by atoms with Crippen LogP contribution in [-0.2, 0) is 4.79 Å². The van der Waals surface area contributed by atoms with Gasteiger partial charge in [-0.3, -0.25) is 4.79 Å². The minimum Gasteiger partial charge on any atom is -0.506 e. The number of hydrogen-bond donors (Lipinski definition) is 1. The summed E-state index contributed by atoms with van der Waals surface area (Å²) in [4.78, 5) is 20.4. The molecule has 14 heavy (non-hydrogen) atoms. The van der Waals surface area contributed by atoms with Gasteiger partial charge in [0.2, 0.25) is 0 Å². The monoisotopic (exact) mass is 188 g/mol. The van der Waals surface area contributed by atoms with Crippen molar-refractivity contribution in [1.29, 1.82) is 0 Å². The van der Waals surface area contributed by atoms with Gasteiger partial charge in [0, 0.05) is 0 Å². The van der Waals surface area contributed by atoms with Gasteiger partial charge in [0.15, 0.2) is 6.29 Å². The van der Waals surface area contributed by atoms with E-state index in [2.05, 4.69) is 11.8 Å². The highest BCUT2D eigenvalue weighted by Crippen LogP contribution is 2.19. The Morgan fingerprint density at radius 3 is 2.79 bits per heavy atom. The second-order valence-electron chi connectivity index (χ2n) is 2.53. The lowest BCUT2D eigenvalue weighted by molar-refractivity contribution is -0.107. The lowest BCUT2D eigenvalue weighted by Crippen LogP contribution is -1.84. The summed E-state index contributed by atoms with van der Waals surface area (Å²) in [6, 6.07) is 4.70. The lowest BCUT2D eigenvalue weighted by Gasteiger charge is -1.98. The van der Waals surface area contributed by atoms with Crippen LogP contribution in [0.15, 0.2) is 18.2 Å². The molecule has 0 bridgehead atoms. The van der Waals surface area contributed by atoms with Crippen molar-refractivity contribution in [1.82, 2.24) is 0 Å². The Morgan fingerprint density at radius 2 is 2.14 bits per heavy atom. The number of aromatic hydroxyl groups is 1. The van der Waals surface area contributed by atoms with E-state index in [1.165, 1.54) is 6.07 Å². The fraction of sp³-hybridized carbons (Fsp3) is 0.0909. The van der Waals surface area contributed by atoms with E-state index in [9.17, 15) is 14.7 Å². The predicted octanol–water partition coefficient (Wildman–Crippen LogP) is 1.15. The first-order valence-corrected chi connectivity index (χ1v) is 3.99. The molecule has 0 spiro atoms. The lowest BCUT2D eigenvalue weighted by atomic mass is 10.1. The Balaban J connectivity index is 3.05. The molecule has 0 amide bonds. The molecule has 3 heteroatoms. The van der Waals surface area contributed by atoms with Crippen molar-refractivity contribution < 1.29 is 14.7 Å². The summed E-state index contributed by atoms with van der Waals surface area (Å²) in [6.45, 7) is 0. The van der Waals surface area contributed by atoms with E-state index in [4.69, 9.17) is 0 Å². The van der Waals surface area contributed by atoms with E-state index in [-0.39, 0.29) is 17.7 Å². The zero-order valence-electron chi connectivity index (χ0n) is 7.36. The van der Waals surface area contributed by atoms with Crippen LogP contribution in [0.5, 0.6) is 5.75 Å². The number of carbonyl (C=O) groups excluding carboxylic acids is 2. The Kier molecular flexibility index (Phi) is 3.45. The second-order valence-corrected chi connectivity index (χ2v) is 2.53. The first-order valence-electron chi connectivity index (χ1n) is 3.99. The Bertz CT molecular complexity index is 410. The second kappa shape index (κ2) is 4.83. The zero-order valence-corrected chi connectivity index (χ0v) is 7.36. The number of rotatable bonds is 2. The topological polar surface area (TPSA) is 54.4 Å². The van der Waals surface area contributed by atoms with Gasteiger partial charge in [-0.1, -0.05) is 17.9 Å². The van der Waals surface area contributed by atoms with Gasteiger partial charge in [0.05, 0.1) is 17.5 Å². The molecule has 1 N–H and O–H groups in total. The van der Waals surface area contributed by atoms with Crippen molar-refractivity contribution in [2.45, 2.75) is 6.42 Å². The first kappa shape index (κ1) is 10.0. The van der Waals surface area contributed by atoms with Crippen molar-refractivity contribution in [3.8, 4) is 17.6 Å². The molecule has 70 valence electrons. The quantitative estimate of drug-likeness (QED) is 0.559. The molecule has 0 aliphatic heterocycles. The van der Waals surface area contributed by atoms with Crippen LogP contribution in [0.1, 0.15) is 22.3 Å². The standard InChI is InChI=1S/C11H8O3/c12-7-2-1-4-9-5-3-6-10(8-13)11(9)14/h3,5-8,14H,2H2. The molecule has 3 nitrogen and oxygen atoms in total. The molecule has 0 aliphatic rings. The van der Waals surface area contributed by atoms with E-state index in [1.54, 1.807) is 12.1 Å². The molecule has 0 aliphatic carbocycles. The molecule has 0 saturated heterocycles. The zero-order chi connectivity index (χ0) is 10.4. The fourth-order valence-corrected chi connectivity index (χ4v) is 0.945. The molecule has 0 unspecified atom stereocenters. The Labute approximate surface area is 81.4 Å². The average Bonchev–Trinajstić information content (AvgIpc) is 2.21. The van der Waals surface area contributed by atoms with E-state index in [1.807, 2.05) is 0 Å². The van der Waals surface area contributed by atoms with E-state index in [0.717, 1.165) is 0 Å². The molecule has 1 aromatic rings. The summed E-state index contributed by atoms with van der Waals surface area (Å²) >= 11 is 0. The summed E-state index contributed by atoms with van der Waals surface area (Å²) in [5.74, 6) is 5.01. The molecule has 0 atom stereocenters. The normalized spacial score (nSPS) is 8.57. The van der Waals surface area contributed by atoms with Crippen molar-refractivity contribution >= 4 is 12.6 Å². The minimum absolute atomic E-state index is 0.116.